The Morgan fingerprint density at radius 1 is 1.18 bits per heavy atom. The van der Waals surface area contributed by atoms with Crippen LogP contribution in [0.5, 0.6) is 5.75 Å². The molecule has 1 atom stereocenters. The minimum atomic E-state index is -0.575. The first-order chi connectivity index (χ1) is 16.4. The lowest BCUT2D eigenvalue weighted by atomic mass is 10.0. The summed E-state index contributed by atoms with van der Waals surface area (Å²) in [6.45, 7) is 1.76. The Labute approximate surface area is 205 Å². The van der Waals surface area contributed by atoms with E-state index in [1.807, 2.05) is 12.1 Å². The third-order valence-electron chi connectivity index (χ3n) is 6.17. The van der Waals surface area contributed by atoms with Crippen LogP contribution in [0.25, 0.3) is 0 Å². The normalized spacial score (nSPS) is 17.8. The van der Waals surface area contributed by atoms with Gasteiger partial charge in [-0.1, -0.05) is 12.1 Å². The number of rotatable bonds is 6. The van der Waals surface area contributed by atoms with Gasteiger partial charge in [0, 0.05) is 34.2 Å². The summed E-state index contributed by atoms with van der Waals surface area (Å²) >= 11 is 1.32. The first-order valence-electron chi connectivity index (χ1n) is 11.8. The molecule has 2 aromatic rings. The second-order valence-electron chi connectivity index (χ2n) is 8.69. The molecular weight excluding hydrogens is 452 g/mol. The molecule has 8 nitrogen and oxygen atoms in total. The van der Waals surface area contributed by atoms with Gasteiger partial charge in [-0.05, 0) is 50.7 Å². The highest BCUT2D eigenvalue weighted by molar-refractivity contribution is 7.11. The van der Waals surface area contributed by atoms with E-state index in [2.05, 4.69) is 4.98 Å². The predicted octanol–water partition coefficient (Wildman–Crippen LogP) is 3.55. The summed E-state index contributed by atoms with van der Waals surface area (Å²) in [6, 6.07) is 6.64. The van der Waals surface area contributed by atoms with E-state index in [9.17, 15) is 14.4 Å². The van der Waals surface area contributed by atoms with E-state index in [0.717, 1.165) is 25.7 Å². The first kappa shape index (κ1) is 25.7. The zero-order valence-corrected chi connectivity index (χ0v) is 21.1. The van der Waals surface area contributed by atoms with Crippen LogP contribution in [0, 0.1) is 0 Å². The predicted molar refractivity (Wildman–Crippen MR) is 132 cm³/mol. The standard InChI is InChI=1S/C25H34N4O4S/c1-27-14-8-4-10-16-33-21-13-6-5-11-19(21)23(30)29(3)20(24(27)31)12-7-9-15-28(2)25(32)22-17-26-18-34-22/h5-6,11,13,17-18,20H,4,7-10,12,14-16H2,1-3H3/t20-/m0/s1. The summed E-state index contributed by atoms with van der Waals surface area (Å²) in [4.78, 5) is 48.7. The molecule has 1 aromatic carbocycles. The van der Waals surface area contributed by atoms with Crippen LogP contribution >= 0.6 is 11.3 Å². The Bertz CT molecular complexity index is 966. The Balaban J connectivity index is 1.69. The van der Waals surface area contributed by atoms with E-state index in [0.29, 0.717) is 48.7 Å². The number of fused-ring (bicyclic) bond motifs is 1. The van der Waals surface area contributed by atoms with Crippen LogP contribution in [0.2, 0.25) is 0 Å². The monoisotopic (exact) mass is 486 g/mol. The van der Waals surface area contributed by atoms with Crippen molar-refractivity contribution in [1.82, 2.24) is 19.7 Å². The number of unbranched alkanes of at least 4 members (excludes halogenated alkanes) is 1. The maximum absolute atomic E-state index is 13.4. The molecule has 0 spiro atoms. The molecule has 184 valence electrons. The van der Waals surface area contributed by atoms with E-state index >= 15 is 0 Å². The number of benzene rings is 1. The van der Waals surface area contributed by atoms with Crippen molar-refractivity contribution in [2.75, 3.05) is 40.8 Å². The van der Waals surface area contributed by atoms with Crippen LogP contribution in [0.3, 0.4) is 0 Å². The number of carbonyl (C=O) groups is 3. The second kappa shape index (κ2) is 12.5. The van der Waals surface area contributed by atoms with E-state index in [1.54, 1.807) is 59.7 Å². The first-order valence-corrected chi connectivity index (χ1v) is 12.7. The molecule has 0 bridgehead atoms. The number of ether oxygens (including phenoxy) is 1. The molecule has 1 aliphatic rings. The quantitative estimate of drug-likeness (QED) is 0.583. The number of aromatic nitrogens is 1. The summed E-state index contributed by atoms with van der Waals surface area (Å²) in [6.07, 6.45) is 6.26. The van der Waals surface area contributed by atoms with Gasteiger partial charge < -0.3 is 19.4 Å². The van der Waals surface area contributed by atoms with Crippen molar-refractivity contribution in [3.05, 3.63) is 46.4 Å². The molecule has 34 heavy (non-hydrogen) atoms. The topological polar surface area (TPSA) is 83.0 Å². The molecule has 0 unspecified atom stereocenters. The fourth-order valence-electron chi connectivity index (χ4n) is 4.06. The third kappa shape index (κ3) is 6.56. The summed E-state index contributed by atoms with van der Waals surface area (Å²) in [7, 11) is 5.26. The Morgan fingerprint density at radius 2 is 1.97 bits per heavy atom. The molecule has 3 rings (SSSR count). The summed E-state index contributed by atoms with van der Waals surface area (Å²) in [5.41, 5.74) is 2.12. The van der Waals surface area contributed by atoms with Gasteiger partial charge in [-0.25, -0.2) is 0 Å². The smallest absolute Gasteiger partial charge is 0.265 e. The van der Waals surface area contributed by atoms with Crippen molar-refractivity contribution in [2.24, 2.45) is 0 Å². The van der Waals surface area contributed by atoms with Gasteiger partial charge in [0.2, 0.25) is 5.91 Å². The lowest BCUT2D eigenvalue weighted by Crippen LogP contribution is -2.48. The summed E-state index contributed by atoms with van der Waals surface area (Å²) < 4.78 is 5.90. The zero-order valence-electron chi connectivity index (χ0n) is 20.2. The zero-order chi connectivity index (χ0) is 24.5. The fourth-order valence-corrected chi connectivity index (χ4v) is 4.67. The highest BCUT2D eigenvalue weighted by atomic mass is 32.1. The fraction of sp³-hybridized carbons (Fsp3) is 0.520. The van der Waals surface area contributed by atoms with Gasteiger partial charge in [0.05, 0.1) is 23.9 Å². The molecule has 0 saturated carbocycles. The average Bonchev–Trinajstić information content (AvgIpc) is 3.39. The maximum atomic E-state index is 13.4. The molecule has 0 aliphatic carbocycles. The summed E-state index contributed by atoms with van der Waals surface area (Å²) in [5.74, 6) is 0.229. The minimum Gasteiger partial charge on any atom is -0.493 e. The number of hydrogen-bond acceptors (Lipinski definition) is 6. The van der Waals surface area contributed by atoms with Crippen LogP contribution in [-0.4, -0.2) is 84.3 Å². The number of nitrogens with zero attached hydrogens (tertiary/aromatic N) is 4. The van der Waals surface area contributed by atoms with Crippen molar-refractivity contribution in [3.63, 3.8) is 0 Å². The molecular formula is C25H34N4O4S. The number of thiazole rings is 1. The van der Waals surface area contributed by atoms with E-state index < -0.39 is 6.04 Å². The van der Waals surface area contributed by atoms with Gasteiger partial charge in [-0.15, -0.1) is 11.3 Å². The number of likely N-dealkylation sites (N-methyl/N-ethyl adjacent to an activating group) is 2. The lowest BCUT2D eigenvalue weighted by Gasteiger charge is -2.31. The molecule has 0 radical (unpaired) electrons. The second-order valence-corrected chi connectivity index (χ2v) is 9.57. The molecule has 9 heteroatoms. The highest BCUT2D eigenvalue weighted by Gasteiger charge is 2.31. The van der Waals surface area contributed by atoms with Crippen LogP contribution < -0.4 is 4.74 Å². The Hall–Kier alpha value is -2.94. The minimum absolute atomic E-state index is 0.0516. The van der Waals surface area contributed by atoms with Crippen LogP contribution in [0.15, 0.2) is 36.0 Å². The third-order valence-corrected chi connectivity index (χ3v) is 6.93. The number of hydrogen-bond donors (Lipinski definition) is 0. The van der Waals surface area contributed by atoms with Gasteiger partial charge in [-0.3, -0.25) is 19.4 Å². The summed E-state index contributed by atoms with van der Waals surface area (Å²) in [5, 5.41) is 0. The van der Waals surface area contributed by atoms with Crippen LogP contribution in [0.1, 0.15) is 58.6 Å². The van der Waals surface area contributed by atoms with Gasteiger partial charge in [-0.2, -0.15) is 0 Å². The largest absolute Gasteiger partial charge is 0.493 e. The molecule has 1 aliphatic heterocycles. The average molecular weight is 487 g/mol. The van der Waals surface area contributed by atoms with Crippen molar-refractivity contribution >= 4 is 29.1 Å². The van der Waals surface area contributed by atoms with Crippen molar-refractivity contribution in [3.8, 4) is 5.75 Å². The van der Waals surface area contributed by atoms with Crippen molar-refractivity contribution < 1.29 is 19.1 Å². The molecule has 0 saturated heterocycles. The van der Waals surface area contributed by atoms with Gasteiger partial charge in [0.15, 0.2) is 0 Å². The molecule has 3 amide bonds. The van der Waals surface area contributed by atoms with E-state index in [1.165, 1.54) is 11.3 Å². The van der Waals surface area contributed by atoms with Crippen molar-refractivity contribution in [2.45, 2.75) is 44.6 Å². The molecule has 0 N–H and O–H groups in total. The van der Waals surface area contributed by atoms with Gasteiger partial charge >= 0.3 is 0 Å². The number of amides is 3. The Morgan fingerprint density at radius 3 is 2.74 bits per heavy atom. The van der Waals surface area contributed by atoms with E-state index in [-0.39, 0.29) is 17.7 Å². The highest BCUT2D eigenvalue weighted by Crippen LogP contribution is 2.23. The molecule has 2 heterocycles. The number of carbonyl (C=O) groups excluding carboxylic acids is 3. The van der Waals surface area contributed by atoms with Crippen LogP contribution in [-0.2, 0) is 4.79 Å². The van der Waals surface area contributed by atoms with Gasteiger partial charge in [0.25, 0.3) is 11.8 Å². The Kier molecular flexibility index (Phi) is 9.44. The van der Waals surface area contributed by atoms with E-state index in [4.69, 9.17) is 4.74 Å². The van der Waals surface area contributed by atoms with Crippen LogP contribution in [0.4, 0.5) is 0 Å². The van der Waals surface area contributed by atoms with Gasteiger partial charge in [0.1, 0.15) is 16.7 Å². The maximum Gasteiger partial charge on any atom is 0.265 e. The molecule has 0 fully saturated rings. The lowest BCUT2D eigenvalue weighted by molar-refractivity contribution is -0.134. The number of para-hydroxylation sites is 1. The molecule has 1 aromatic heterocycles. The van der Waals surface area contributed by atoms with Crippen molar-refractivity contribution in [1.29, 1.82) is 0 Å². The SMILES string of the molecule is CN(CCCC[C@H]1C(=O)N(C)CCCCCOc2ccccc2C(=O)N1C)C(=O)c1cncs1.